The summed E-state index contributed by atoms with van der Waals surface area (Å²) >= 11 is 0. The van der Waals surface area contributed by atoms with Crippen LogP contribution in [-0.4, -0.2) is 82.5 Å². The van der Waals surface area contributed by atoms with Crippen LogP contribution in [-0.2, 0) is 16.6 Å². The van der Waals surface area contributed by atoms with Gasteiger partial charge in [0.2, 0.25) is 11.8 Å². The van der Waals surface area contributed by atoms with Crippen molar-refractivity contribution in [2.45, 2.75) is 56.6 Å². The van der Waals surface area contributed by atoms with Crippen LogP contribution in [0.5, 0.6) is 0 Å². The first-order valence-electron chi connectivity index (χ1n) is 11.1. The number of hydrogen-bond acceptors (Lipinski definition) is 5. The van der Waals surface area contributed by atoms with Gasteiger partial charge in [0.05, 0.1) is 5.60 Å². The van der Waals surface area contributed by atoms with E-state index in [9.17, 15) is 19.5 Å². The number of fused-ring (bicyclic) bond motifs is 1. The Labute approximate surface area is 183 Å². The lowest BCUT2D eigenvalue weighted by molar-refractivity contribution is -0.157. The Morgan fingerprint density at radius 2 is 1.94 bits per heavy atom. The van der Waals surface area contributed by atoms with Gasteiger partial charge in [0.15, 0.2) is 0 Å². The number of carbonyl (C=O) groups is 3. The Balaban J connectivity index is 1.95. The number of amides is 4. The fourth-order valence-electron chi connectivity index (χ4n) is 6.06. The van der Waals surface area contributed by atoms with Crippen molar-refractivity contribution in [2.75, 3.05) is 33.2 Å². The molecule has 1 aromatic rings. The minimum Gasteiger partial charge on any atom is -0.387 e. The molecule has 0 spiro atoms. The quantitative estimate of drug-likeness (QED) is 0.750. The summed E-state index contributed by atoms with van der Waals surface area (Å²) in [4.78, 5) is 43.6. The lowest BCUT2D eigenvalue weighted by atomic mass is 9.52. The van der Waals surface area contributed by atoms with Crippen molar-refractivity contribution >= 4 is 17.8 Å². The molecule has 4 amide bonds. The number of imide groups is 1. The van der Waals surface area contributed by atoms with Gasteiger partial charge in [-0.1, -0.05) is 6.07 Å². The maximum Gasteiger partial charge on any atom is 0.326 e. The van der Waals surface area contributed by atoms with Crippen LogP contribution in [0.1, 0.15) is 54.6 Å². The van der Waals surface area contributed by atoms with E-state index in [2.05, 4.69) is 4.90 Å². The van der Waals surface area contributed by atoms with Crippen molar-refractivity contribution in [2.24, 2.45) is 5.73 Å². The van der Waals surface area contributed by atoms with E-state index >= 15 is 0 Å². The van der Waals surface area contributed by atoms with Crippen LogP contribution >= 0.6 is 0 Å². The molecule has 168 valence electrons. The number of likely N-dealkylation sites (N-methyl/N-ethyl adjacent to an activating group) is 1. The molecule has 3 unspecified atom stereocenters. The smallest absolute Gasteiger partial charge is 0.326 e. The molecule has 3 N–H and O–H groups in total. The number of urea groups is 1. The van der Waals surface area contributed by atoms with E-state index in [1.165, 1.54) is 4.90 Å². The Kier molecular flexibility index (Phi) is 5.34. The lowest BCUT2D eigenvalue weighted by Gasteiger charge is -2.61. The normalized spacial score (nSPS) is 31.4. The van der Waals surface area contributed by atoms with Gasteiger partial charge >= 0.3 is 6.03 Å². The maximum atomic E-state index is 13.5. The Morgan fingerprint density at radius 1 is 1.19 bits per heavy atom. The summed E-state index contributed by atoms with van der Waals surface area (Å²) < 4.78 is 0. The van der Waals surface area contributed by atoms with E-state index in [0.717, 1.165) is 17.7 Å². The van der Waals surface area contributed by atoms with Crippen molar-refractivity contribution in [3.05, 3.63) is 34.9 Å². The summed E-state index contributed by atoms with van der Waals surface area (Å²) in [6, 6.07) is 4.91. The molecule has 8 heteroatoms. The first kappa shape index (κ1) is 21.8. The van der Waals surface area contributed by atoms with Crippen LogP contribution in [0.25, 0.3) is 0 Å². The first-order valence-corrected chi connectivity index (χ1v) is 11.1. The van der Waals surface area contributed by atoms with Gasteiger partial charge in [0.25, 0.3) is 0 Å². The molecule has 2 fully saturated rings. The molecule has 2 aliphatic heterocycles. The van der Waals surface area contributed by atoms with E-state index in [4.69, 9.17) is 5.73 Å². The second-order valence-electron chi connectivity index (χ2n) is 9.12. The van der Waals surface area contributed by atoms with Gasteiger partial charge in [-0.2, -0.15) is 0 Å². The van der Waals surface area contributed by atoms with Crippen molar-refractivity contribution in [1.82, 2.24) is 14.7 Å². The van der Waals surface area contributed by atoms with Crippen LogP contribution < -0.4 is 5.73 Å². The van der Waals surface area contributed by atoms with Gasteiger partial charge in [0, 0.05) is 43.1 Å². The predicted molar refractivity (Wildman–Crippen MR) is 116 cm³/mol. The molecular weight excluding hydrogens is 396 g/mol. The van der Waals surface area contributed by atoms with Crippen LogP contribution in [0.2, 0.25) is 0 Å². The van der Waals surface area contributed by atoms with Crippen LogP contribution in [0.3, 0.4) is 0 Å². The third kappa shape index (κ3) is 3.07. The highest BCUT2D eigenvalue weighted by atomic mass is 16.3. The van der Waals surface area contributed by atoms with Crippen molar-refractivity contribution in [1.29, 1.82) is 0 Å². The third-order valence-corrected chi connectivity index (χ3v) is 7.84. The second-order valence-corrected chi connectivity index (χ2v) is 9.12. The topological polar surface area (TPSA) is 107 Å². The zero-order chi connectivity index (χ0) is 22.6. The summed E-state index contributed by atoms with van der Waals surface area (Å²) in [6.45, 7) is 5.51. The monoisotopic (exact) mass is 428 g/mol. The number of piperidine rings is 1. The van der Waals surface area contributed by atoms with Crippen molar-refractivity contribution in [3.8, 4) is 0 Å². The standard InChI is InChI=1S/C23H32N4O4/c1-4-26-11-9-23(31)18-13-15-6-7-16(20(24)29)12-17(15)22(23,8-10-25(18)3)14-19(28)27(5-2)21(26)30/h6-7,12,18,31H,4-5,8-11,13-14H2,1-3H3,(H2,24,29). The molecule has 31 heavy (non-hydrogen) atoms. The number of likely N-dealkylation sites (tertiary alicyclic amines) is 1. The molecule has 4 rings (SSSR count). The third-order valence-electron chi connectivity index (χ3n) is 7.84. The average molecular weight is 429 g/mol. The fraction of sp³-hybridized carbons (Fsp3) is 0.609. The minimum absolute atomic E-state index is 0.0280. The number of nitrogens with two attached hydrogens (primary N) is 1. The Bertz CT molecular complexity index is 934. The number of rotatable bonds is 3. The number of benzene rings is 1. The number of nitrogens with zero attached hydrogens (tertiary/aromatic N) is 3. The second kappa shape index (κ2) is 7.60. The zero-order valence-electron chi connectivity index (χ0n) is 18.6. The highest BCUT2D eigenvalue weighted by molar-refractivity contribution is 5.96. The number of carbonyl (C=O) groups excluding carboxylic acids is 3. The molecule has 2 bridgehead atoms. The van der Waals surface area contributed by atoms with Gasteiger partial charge < -0.3 is 20.6 Å². The van der Waals surface area contributed by atoms with Gasteiger partial charge in [0.1, 0.15) is 0 Å². The van der Waals surface area contributed by atoms with E-state index < -0.39 is 16.9 Å². The van der Waals surface area contributed by atoms with Crippen molar-refractivity contribution < 1.29 is 19.5 Å². The molecule has 2 saturated heterocycles. The number of hydrogen-bond donors (Lipinski definition) is 2. The summed E-state index contributed by atoms with van der Waals surface area (Å²) in [5.41, 5.74) is 5.71. The molecular formula is C23H32N4O4. The van der Waals surface area contributed by atoms with Crippen LogP contribution in [0.15, 0.2) is 18.2 Å². The summed E-state index contributed by atoms with van der Waals surface area (Å²) in [5, 5.41) is 12.3. The molecule has 2 heterocycles. The number of aliphatic hydroxyl groups is 1. The molecule has 3 atom stereocenters. The largest absolute Gasteiger partial charge is 0.387 e. The van der Waals surface area contributed by atoms with Crippen LogP contribution in [0, 0.1) is 0 Å². The van der Waals surface area contributed by atoms with Gasteiger partial charge in [-0.15, -0.1) is 0 Å². The minimum atomic E-state index is -1.21. The molecule has 0 saturated carbocycles. The van der Waals surface area contributed by atoms with Gasteiger partial charge in [-0.3, -0.25) is 14.5 Å². The van der Waals surface area contributed by atoms with E-state index in [1.54, 1.807) is 24.0 Å². The van der Waals surface area contributed by atoms with E-state index in [1.807, 2.05) is 20.0 Å². The molecule has 0 radical (unpaired) electrons. The SMILES string of the molecule is CCN1CCC2(O)C3Cc4ccc(C(N)=O)cc4C2(CCN3C)CC(=O)N(CC)C1=O. The highest BCUT2D eigenvalue weighted by Crippen LogP contribution is 2.55. The zero-order valence-corrected chi connectivity index (χ0v) is 18.6. The van der Waals surface area contributed by atoms with E-state index in [0.29, 0.717) is 37.9 Å². The Morgan fingerprint density at radius 3 is 2.58 bits per heavy atom. The molecule has 1 aliphatic carbocycles. The first-order chi connectivity index (χ1) is 14.7. The molecule has 1 aromatic carbocycles. The highest BCUT2D eigenvalue weighted by Gasteiger charge is 2.63. The molecule has 8 nitrogen and oxygen atoms in total. The number of primary amides is 1. The predicted octanol–water partition coefficient (Wildman–Crippen LogP) is 1.10. The van der Waals surface area contributed by atoms with Gasteiger partial charge in [-0.25, -0.2) is 4.79 Å². The molecule has 3 aliphatic rings. The van der Waals surface area contributed by atoms with Crippen molar-refractivity contribution in [3.63, 3.8) is 0 Å². The fourth-order valence-corrected chi connectivity index (χ4v) is 6.06. The van der Waals surface area contributed by atoms with Crippen LogP contribution in [0.4, 0.5) is 4.79 Å². The lowest BCUT2D eigenvalue weighted by Crippen LogP contribution is -2.71. The maximum absolute atomic E-state index is 13.5. The van der Waals surface area contributed by atoms with Gasteiger partial charge in [-0.05, 0) is 70.0 Å². The summed E-state index contributed by atoms with van der Waals surface area (Å²) in [6.07, 6.45) is 1.58. The van der Waals surface area contributed by atoms with E-state index in [-0.39, 0.29) is 30.9 Å². The average Bonchev–Trinajstić information content (AvgIpc) is 2.76. The molecule has 0 aromatic heterocycles. The Hall–Kier alpha value is -2.45. The summed E-state index contributed by atoms with van der Waals surface area (Å²) in [5.74, 6) is -0.818. The summed E-state index contributed by atoms with van der Waals surface area (Å²) in [7, 11) is 2.00.